The molecule has 0 saturated carbocycles. The van der Waals surface area contributed by atoms with Crippen molar-refractivity contribution in [3.8, 4) is 11.5 Å². The number of anilines is 1. The summed E-state index contributed by atoms with van der Waals surface area (Å²) in [6, 6.07) is 15.0. The minimum atomic E-state index is -0.584. The van der Waals surface area contributed by atoms with E-state index in [9.17, 15) is 9.59 Å². The third kappa shape index (κ3) is 4.89. The van der Waals surface area contributed by atoms with E-state index in [0.29, 0.717) is 22.2 Å². The van der Waals surface area contributed by atoms with Gasteiger partial charge in [-0.05, 0) is 42.0 Å². The zero-order valence-corrected chi connectivity index (χ0v) is 16.6. The van der Waals surface area contributed by atoms with Crippen LogP contribution in [0.4, 0.5) is 5.69 Å². The lowest BCUT2D eigenvalue weighted by Crippen LogP contribution is -2.32. The van der Waals surface area contributed by atoms with E-state index >= 15 is 0 Å². The molecule has 0 bridgehead atoms. The van der Waals surface area contributed by atoms with Crippen molar-refractivity contribution in [2.24, 2.45) is 0 Å². The maximum absolute atomic E-state index is 12.6. The Bertz CT molecular complexity index is 1080. The van der Waals surface area contributed by atoms with Gasteiger partial charge in [0.1, 0.15) is 23.7 Å². The van der Waals surface area contributed by atoms with Crippen LogP contribution in [0.2, 0.25) is 5.02 Å². The first kappa shape index (κ1) is 20.3. The second-order valence-corrected chi connectivity index (χ2v) is 6.41. The van der Waals surface area contributed by atoms with Crippen LogP contribution in [0.5, 0.6) is 11.5 Å². The highest BCUT2D eigenvalue weighted by Crippen LogP contribution is 2.29. The second-order valence-electron chi connectivity index (χ2n) is 5.98. The molecule has 3 aromatic rings. The number of halogens is 1. The highest BCUT2D eigenvalue weighted by atomic mass is 35.5. The normalized spacial score (nSPS) is 10.3. The number of hydrogen-bond acceptors (Lipinski definition) is 5. The lowest BCUT2D eigenvalue weighted by Gasteiger charge is -2.13. The maximum atomic E-state index is 12.6. The van der Waals surface area contributed by atoms with E-state index in [0.717, 1.165) is 10.3 Å². The molecule has 2 aromatic carbocycles. The molecule has 8 heteroatoms. The molecule has 1 N–H and O–H groups in total. The van der Waals surface area contributed by atoms with E-state index in [4.69, 9.17) is 25.9 Å². The van der Waals surface area contributed by atoms with Crippen molar-refractivity contribution in [3.63, 3.8) is 0 Å². The molecule has 0 saturated heterocycles. The van der Waals surface area contributed by atoms with Gasteiger partial charge in [-0.15, -0.1) is 0 Å². The number of rotatable bonds is 7. The summed E-state index contributed by atoms with van der Waals surface area (Å²) in [6.07, 6.45) is 1.44. The molecule has 0 atom stereocenters. The van der Waals surface area contributed by atoms with Gasteiger partial charge < -0.3 is 19.6 Å². The molecule has 150 valence electrons. The lowest BCUT2D eigenvalue weighted by molar-refractivity contribution is 0.0863. The first-order chi connectivity index (χ1) is 14.0. The van der Waals surface area contributed by atoms with Gasteiger partial charge in [-0.3, -0.25) is 9.59 Å². The molecule has 1 aromatic heterocycles. The van der Waals surface area contributed by atoms with E-state index in [-0.39, 0.29) is 12.2 Å². The maximum Gasteiger partial charge on any atom is 0.295 e. The average Bonchev–Trinajstić information content (AvgIpc) is 2.73. The number of nitrogens with one attached hydrogen (secondary N) is 1. The van der Waals surface area contributed by atoms with Crippen LogP contribution < -0.4 is 25.2 Å². The molecule has 0 fully saturated rings. The van der Waals surface area contributed by atoms with E-state index in [1.54, 1.807) is 42.5 Å². The zero-order valence-electron chi connectivity index (χ0n) is 15.8. The number of carbonyl (C=O) groups excluding carboxylic acids is 1. The first-order valence-electron chi connectivity index (χ1n) is 8.64. The van der Waals surface area contributed by atoms with Gasteiger partial charge >= 0.3 is 0 Å². The molecule has 0 unspecified atom stereocenters. The van der Waals surface area contributed by atoms with Crippen LogP contribution >= 0.6 is 11.6 Å². The SMILES string of the molecule is COc1ccc(NC(=O)c2cccn(OCc3cccc(Cl)c3)c2=O)c(OC)c1. The second kappa shape index (κ2) is 9.16. The summed E-state index contributed by atoms with van der Waals surface area (Å²) in [6.45, 7) is 0.123. The van der Waals surface area contributed by atoms with Crippen LogP contribution in [0.25, 0.3) is 0 Å². The van der Waals surface area contributed by atoms with Gasteiger partial charge in [0.05, 0.1) is 19.9 Å². The van der Waals surface area contributed by atoms with Crippen LogP contribution in [0.1, 0.15) is 15.9 Å². The minimum absolute atomic E-state index is 0.0727. The van der Waals surface area contributed by atoms with Gasteiger partial charge in [0.2, 0.25) is 0 Å². The van der Waals surface area contributed by atoms with E-state index < -0.39 is 11.5 Å². The van der Waals surface area contributed by atoms with Crippen molar-refractivity contribution in [2.75, 3.05) is 19.5 Å². The Labute approximate surface area is 172 Å². The molecular formula is C21H19ClN2O5. The number of nitrogens with zero attached hydrogens (tertiary/aromatic N) is 1. The summed E-state index contributed by atoms with van der Waals surface area (Å²) in [5.74, 6) is 0.404. The van der Waals surface area contributed by atoms with Crippen LogP contribution in [0, 0.1) is 0 Å². The summed E-state index contributed by atoms with van der Waals surface area (Å²) in [5, 5.41) is 3.24. The van der Waals surface area contributed by atoms with Gasteiger partial charge in [-0.25, -0.2) is 0 Å². The molecule has 29 heavy (non-hydrogen) atoms. The Balaban J connectivity index is 1.78. The Morgan fingerprint density at radius 2 is 1.90 bits per heavy atom. The molecule has 7 nitrogen and oxygen atoms in total. The van der Waals surface area contributed by atoms with Crippen LogP contribution in [-0.2, 0) is 6.61 Å². The third-order valence-corrected chi connectivity index (χ3v) is 4.31. The number of pyridine rings is 1. The van der Waals surface area contributed by atoms with Crippen LogP contribution in [0.3, 0.4) is 0 Å². The first-order valence-corrected chi connectivity index (χ1v) is 9.02. The van der Waals surface area contributed by atoms with Crippen LogP contribution in [0.15, 0.2) is 65.6 Å². The monoisotopic (exact) mass is 414 g/mol. The lowest BCUT2D eigenvalue weighted by atomic mass is 10.2. The number of aromatic nitrogens is 1. The Hall–Kier alpha value is -3.45. The highest BCUT2D eigenvalue weighted by Gasteiger charge is 2.15. The number of benzene rings is 2. The summed E-state index contributed by atoms with van der Waals surface area (Å²) in [5.41, 5.74) is 0.547. The quantitative estimate of drug-likeness (QED) is 0.641. The van der Waals surface area contributed by atoms with Gasteiger partial charge in [0.25, 0.3) is 11.5 Å². The molecule has 3 rings (SSSR count). The predicted octanol–water partition coefficient (Wildman–Crippen LogP) is 3.40. The smallest absolute Gasteiger partial charge is 0.295 e. The fourth-order valence-corrected chi connectivity index (χ4v) is 2.82. The minimum Gasteiger partial charge on any atom is -0.497 e. The molecule has 0 radical (unpaired) electrons. The zero-order chi connectivity index (χ0) is 20.8. The summed E-state index contributed by atoms with van der Waals surface area (Å²) >= 11 is 5.95. The van der Waals surface area contributed by atoms with Gasteiger partial charge in [-0.2, -0.15) is 4.73 Å². The summed E-state index contributed by atoms with van der Waals surface area (Å²) in [7, 11) is 3.01. The van der Waals surface area contributed by atoms with Gasteiger partial charge in [0, 0.05) is 17.3 Å². The Morgan fingerprint density at radius 3 is 2.62 bits per heavy atom. The van der Waals surface area contributed by atoms with Crippen molar-refractivity contribution < 1.29 is 19.1 Å². The molecule has 1 amide bonds. The molecule has 0 aliphatic carbocycles. The highest BCUT2D eigenvalue weighted by molar-refractivity contribution is 6.30. The predicted molar refractivity (Wildman–Crippen MR) is 110 cm³/mol. The average molecular weight is 415 g/mol. The third-order valence-electron chi connectivity index (χ3n) is 4.08. The standard InChI is InChI=1S/C21H19ClN2O5/c1-27-16-8-9-18(19(12-16)28-2)23-20(25)17-7-4-10-24(21(17)26)29-13-14-5-3-6-15(22)11-14/h3-12H,13H2,1-2H3,(H,23,25). The van der Waals surface area contributed by atoms with Crippen molar-refractivity contribution in [3.05, 3.63) is 87.3 Å². The van der Waals surface area contributed by atoms with Crippen molar-refractivity contribution >= 4 is 23.2 Å². The number of amides is 1. The fourth-order valence-electron chi connectivity index (χ4n) is 2.61. The van der Waals surface area contributed by atoms with Gasteiger partial charge in [-0.1, -0.05) is 23.7 Å². The van der Waals surface area contributed by atoms with E-state index in [2.05, 4.69) is 5.32 Å². The number of carbonyl (C=O) groups is 1. The number of hydrogen-bond donors (Lipinski definition) is 1. The molecule has 0 aliphatic heterocycles. The molecular weight excluding hydrogens is 396 g/mol. The topological polar surface area (TPSA) is 78.8 Å². The fraction of sp³-hybridized carbons (Fsp3) is 0.143. The van der Waals surface area contributed by atoms with E-state index in [1.165, 1.54) is 26.5 Å². The van der Waals surface area contributed by atoms with Crippen molar-refractivity contribution in [1.29, 1.82) is 0 Å². The number of methoxy groups -OCH3 is 2. The van der Waals surface area contributed by atoms with Gasteiger partial charge in [0.15, 0.2) is 0 Å². The Morgan fingerprint density at radius 1 is 1.07 bits per heavy atom. The summed E-state index contributed by atoms with van der Waals surface area (Å²) in [4.78, 5) is 30.8. The molecule has 0 spiro atoms. The Kier molecular flexibility index (Phi) is 6.41. The largest absolute Gasteiger partial charge is 0.497 e. The van der Waals surface area contributed by atoms with Crippen molar-refractivity contribution in [2.45, 2.75) is 6.61 Å². The van der Waals surface area contributed by atoms with Crippen molar-refractivity contribution in [1.82, 2.24) is 4.73 Å². The van der Waals surface area contributed by atoms with E-state index in [1.807, 2.05) is 6.07 Å². The summed E-state index contributed by atoms with van der Waals surface area (Å²) < 4.78 is 11.4. The van der Waals surface area contributed by atoms with Crippen LogP contribution in [-0.4, -0.2) is 24.9 Å². The molecule has 1 heterocycles. The number of ether oxygens (including phenoxy) is 2. The molecule has 0 aliphatic rings.